The molecule has 576 valence electrons. The number of rotatable bonds is 75. The van der Waals surface area contributed by atoms with Gasteiger partial charge in [0.15, 0.2) is 12.2 Å². The smallest absolute Gasteiger partial charge is 0.462 e. The van der Waals surface area contributed by atoms with Gasteiger partial charge in [-0.15, -0.1) is 0 Å². The largest absolute Gasteiger partial charge is 0.472 e. The summed E-state index contributed by atoms with van der Waals surface area (Å²) < 4.78 is 68.6. The Hall–Kier alpha value is -1.94. The third-order valence-electron chi connectivity index (χ3n) is 18.1. The number of carbonyl (C=O) groups is 4. The number of ether oxygens (including phenoxy) is 4. The first-order valence-corrected chi connectivity index (χ1v) is 43.2. The summed E-state index contributed by atoms with van der Waals surface area (Å²) in [5.41, 5.74) is 0. The lowest BCUT2D eigenvalue weighted by molar-refractivity contribution is -0.161. The van der Waals surface area contributed by atoms with E-state index in [1.165, 1.54) is 193 Å². The fraction of sp³-hybridized carbons (Fsp3) is 0.949. The maximum Gasteiger partial charge on any atom is 0.472 e. The zero-order valence-electron chi connectivity index (χ0n) is 63.7. The molecule has 0 fully saturated rings. The number of hydrogen-bond acceptors (Lipinski definition) is 15. The highest BCUT2D eigenvalue weighted by Gasteiger charge is 2.30. The third-order valence-corrected chi connectivity index (χ3v) is 20.0. The molecule has 0 saturated heterocycles. The molecule has 0 aliphatic rings. The van der Waals surface area contributed by atoms with Crippen LogP contribution in [0.2, 0.25) is 0 Å². The number of aliphatic hydroxyl groups excluding tert-OH is 1. The molecule has 97 heavy (non-hydrogen) atoms. The minimum atomic E-state index is -4.96. The van der Waals surface area contributed by atoms with Gasteiger partial charge in [0, 0.05) is 25.7 Å². The molecule has 5 atom stereocenters. The van der Waals surface area contributed by atoms with Gasteiger partial charge in [-0.3, -0.25) is 37.3 Å². The van der Waals surface area contributed by atoms with E-state index in [1.807, 2.05) is 0 Å². The van der Waals surface area contributed by atoms with E-state index >= 15 is 0 Å². The van der Waals surface area contributed by atoms with Crippen molar-refractivity contribution in [2.75, 3.05) is 39.6 Å². The van der Waals surface area contributed by atoms with Crippen molar-refractivity contribution >= 4 is 39.5 Å². The first-order valence-electron chi connectivity index (χ1n) is 40.2. The van der Waals surface area contributed by atoms with E-state index in [0.717, 1.165) is 114 Å². The van der Waals surface area contributed by atoms with Gasteiger partial charge in [0.25, 0.3) is 0 Å². The van der Waals surface area contributed by atoms with Gasteiger partial charge in [-0.2, -0.15) is 0 Å². The van der Waals surface area contributed by atoms with E-state index in [1.54, 1.807) is 0 Å². The van der Waals surface area contributed by atoms with Crippen LogP contribution in [0.25, 0.3) is 0 Å². The first kappa shape index (κ1) is 95.1. The highest BCUT2D eigenvalue weighted by molar-refractivity contribution is 7.47. The molecule has 19 heteroatoms. The average molecular weight is 1420 g/mol. The molecule has 2 unspecified atom stereocenters. The molecule has 0 heterocycles. The van der Waals surface area contributed by atoms with Gasteiger partial charge in [0.2, 0.25) is 0 Å². The maximum atomic E-state index is 13.1. The lowest BCUT2D eigenvalue weighted by atomic mass is 10.0. The second kappa shape index (κ2) is 67.2. The second-order valence-corrected chi connectivity index (χ2v) is 32.9. The van der Waals surface area contributed by atoms with E-state index in [2.05, 4.69) is 55.4 Å². The number of phosphoric ester groups is 2. The minimum Gasteiger partial charge on any atom is -0.462 e. The monoisotopic (exact) mass is 1420 g/mol. The summed E-state index contributed by atoms with van der Waals surface area (Å²) in [6, 6.07) is 0. The Morgan fingerprint density at radius 2 is 0.433 bits per heavy atom. The standard InChI is InChI=1S/C78H152O17P2/c1-68(2)54-46-38-30-24-18-14-10-9-11-17-21-28-34-44-52-60-77(82)94-73(64-88-75(80)58-50-42-33-27-20-16-13-12-15-19-25-31-39-47-55-69(3)4)66-92-96(84,85)90-62-72(79)63-91-97(86,87)93-67-74(65-89-76(81)59-51-43-37-36-41-49-57-71(7)8)95-78(83)61-53-45-35-29-23-22-26-32-40-48-56-70(5)6/h68-74,79H,9-67H2,1-8H3,(H,84,85)(H,86,87)/t72-,73-,74-/m1/s1. The molecule has 0 aromatic heterocycles. The van der Waals surface area contributed by atoms with Crippen molar-refractivity contribution in [1.29, 1.82) is 0 Å². The summed E-state index contributed by atoms with van der Waals surface area (Å²) >= 11 is 0. The molecular formula is C78H152O17P2. The topological polar surface area (TPSA) is 237 Å². The Labute approximate surface area is 594 Å². The van der Waals surface area contributed by atoms with Crippen LogP contribution >= 0.6 is 15.6 Å². The summed E-state index contributed by atoms with van der Waals surface area (Å²) in [5.74, 6) is 0.914. The fourth-order valence-electron chi connectivity index (χ4n) is 11.9. The molecule has 0 bridgehead atoms. The van der Waals surface area contributed by atoms with Crippen LogP contribution in [-0.2, 0) is 65.4 Å². The molecule has 0 saturated carbocycles. The SMILES string of the molecule is CC(C)CCCCCCCCCCCCCCCCCC(=O)O[C@H](COC(=O)CCCCCCCCCCCCCCCCC(C)C)COP(=O)(O)OC[C@@H](O)COP(=O)(O)OC[C@@H](COC(=O)CCCCCCCCC(C)C)OC(=O)CCCCCCCCCCCCC(C)C. The van der Waals surface area contributed by atoms with Gasteiger partial charge in [0.05, 0.1) is 26.4 Å². The minimum absolute atomic E-state index is 0.105. The van der Waals surface area contributed by atoms with Crippen molar-refractivity contribution in [3.63, 3.8) is 0 Å². The lowest BCUT2D eigenvalue weighted by Gasteiger charge is -2.21. The van der Waals surface area contributed by atoms with Crippen molar-refractivity contribution in [2.45, 2.75) is 414 Å². The van der Waals surface area contributed by atoms with Crippen molar-refractivity contribution in [3.8, 4) is 0 Å². The molecule has 3 N–H and O–H groups in total. The Morgan fingerprint density at radius 3 is 0.639 bits per heavy atom. The number of carbonyl (C=O) groups excluding carboxylic acids is 4. The number of aliphatic hydroxyl groups is 1. The molecule has 0 spiro atoms. The molecule has 0 aromatic carbocycles. The molecule has 0 amide bonds. The summed E-state index contributed by atoms with van der Waals surface area (Å²) in [5, 5.41) is 10.6. The second-order valence-electron chi connectivity index (χ2n) is 30.0. The molecule has 0 radical (unpaired) electrons. The number of esters is 4. The van der Waals surface area contributed by atoms with Crippen molar-refractivity contribution in [2.24, 2.45) is 23.7 Å². The third kappa shape index (κ3) is 72.2. The predicted octanol–water partition coefficient (Wildman–Crippen LogP) is 22.8. The summed E-state index contributed by atoms with van der Waals surface area (Å²) in [6.45, 7) is 14.2. The highest BCUT2D eigenvalue weighted by atomic mass is 31.2. The maximum absolute atomic E-state index is 13.1. The normalized spacial score (nSPS) is 14.1. The molecule has 0 rings (SSSR count). The van der Waals surface area contributed by atoms with Crippen LogP contribution in [-0.4, -0.2) is 96.7 Å². The number of unbranched alkanes of at least 4 members (excludes halogenated alkanes) is 41. The predicted molar refractivity (Wildman–Crippen MR) is 395 cm³/mol. The molecular weight excluding hydrogens is 1270 g/mol. The van der Waals surface area contributed by atoms with E-state index < -0.39 is 97.5 Å². The lowest BCUT2D eigenvalue weighted by Crippen LogP contribution is -2.30. The van der Waals surface area contributed by atoms with Gasteiger partial charge in [-0.05, 0) is 49.4 Å². The zero-order chi connectivity index (χ0) is 71.7. The quantitative estimate of drug-likeness (QED) is 0.0222. The van der Waals surface area contributed by atoms with Gasteiger partial charge in [0.1, 0.15) is 19.3 Å². The van der Waals surface area contributed by atoms with Crippen molar-refractivity contribution < 1.29 is 80.2 Å². The summed E-state index contributed by atoms with van der Waals surface area (Å²) in [6.07, 6.45) is 52.9. The van der Waals surface area contributed by atoms with Gasteiger partial charge in [-0.1, -0.05) is 344 Å². The van der Waals surface area contributed by atoms with Crippen LogP contribution in [0.3, 0.4) is 0 Å². The Kier molecular flexibility index (Phi) is 65.9. The van der Waals surface area contributed by atoms with Crippen LogP contribution in [0.5, 0.6) is 0 Å². The van der Waals surface area contributed by atoms with Crippen LogP contribution < -0.4 is 0 Å². The van der Waals surface area contributed by atoms with Crippen LogP contribution in [0.1, 0.15) is 396 Å². The van der Waals surface area contributed by atoms with Crippen LogP contribution in [0.15, 0.2) is 0 Å². The van der Waals surface area contributed by atoms with Gasteiger partial charge in [-0.25, -0.2) is 9.13 Å². The fourth-order valence-corrected chi connectivity index (χ4v) is 13.5. The van der Waals surface area contributed by atoms with Gasteiger partial charge >= 0.3 is 39.5 Å². The van der Waals surface area contributed by atoms with E-state index in [9.17, 15) is 43.2 Å². The van der Waals surface area contributed by atoms with Crippen LogP contribution in [0, 0.1) is 23.7 Å². The molecule has 0 aliphatic heterocycles. The molecule has 0 aliphatic carbocycles. The summed E-state index contributed by atoms with van der Waals surface area (Å²) in [7, 11) is -9.92. The highest BCUT2D eigenvalue weighted by Crippen LogP contribution is 2.45. The van der Waals surface area contributed by atoms with Gasteiger partial charge < -0.3 is 33.8 Å². The van der Waals surface area contributed by atoms with Crippen molar-refractivity contribution in [1.82, 2.24) is 0 Å². The molecule has 0 aromatic rings. The van der Waals surface area contributed by atoms with Crippen LogP contribution in [0.4, 0.5) is 0 Å². The zero-order valence-corrected chi connectivity index (χ0v) is 65.5. The first-order chi connectivity index (χ1) is 46.6. The van der Waals surface area contributed by atoms with E-state index in [4.69, 9.17) is 37.0 Å². The number of hydrogen-bond donors (Lipinski definition) is 3. The molecule has 17 nitrogen and oxygen atoms in total. The van der Waals surface area contributed by atoms with E-state index in [0.29, 0.717) is 31.6 Å². The Balaban J connectivity index is 5.23. The van der Waals surface area contributed by atoms with E-state index in [-0.39, 0.29) is 25.7 Å². The Morgan fingerprint density at radius 1 is 0.258 bits per heavy atom. The average Bonchev–Trinajstić information content (AvgIpc) is 1.28. The summed E-state index contributed by atoms with van der Waals surface area (Å²) in [4.78, 5) is 72.9. The Bertz CT molecular complexity index is 1900. The number of phosphoric acid groups is 2. The van der Waals surface area contributed by atoms with Crippen molar-refractivity contribution in [3.05, 3.63) is 0 Å².